The Morgan fingerprint density at radius 3 is 2.19 bits per heavy atom. The Labute approximate surface area is 115 Å². The lowest BCUT2D eigenvalue weighted by molar-refractivity contribution is -0.139. The number of alkyl halides is 3. The first-order valence-electron chi connectivity index (χ1n) is 5.53. The Kier molecular flexibility index (Phi) is 3.56. The van der Waals surface area contributed by atoms with Crippen LogP contribution >= 0.6 is 0 Å². The maximum atomic E-state index is 13.5. The maximum absolute atomic E-state index is 13.5. The molecule has 108 valence electrons. The van der Waals surface area contributed by atoms with Gasteiger partial charge in [0.05, 0.1) is 17.2 Å². The van der Waals surface area contributed by atoms with Crippen LogP contribution in [-0.2, 0) is 6.18 Å². The SMILES string of the molecule is N#Cc1cc(F)c(O)c(-c2ccc(C(F)(F)F)c(F)c2)c1. The van der Waals surface area contributed by atoms with E-state index in [0.29, 0.717) is 12.1 Å². The molecule has 2 nitrogen and oxygen atoms in total. The van der Waals surface area contributed by atoms with Crippen LogP contribution < -0.4 is 0 Å². The lowest BCUT2D eigenvalue weighted by atomic mass is 10.00. The molecular weight excluding hydrogens is 293 g/mol. The number of halogens is 5. The van der Waals surface area contributed by atoms with Crippen molar-refractivity contribution in [3.63, 3.8) is 0 Å². The van der Waals surface area contributed by atoms with Gasteiger partial charge < -0.3 is 5.11 Å². The van der Waals surface area contributed by atoms with E-state index >= 15 is 0 Å². The highest BCUT2D eigenvalue weighted by atomic mass is 19.4. The van der Waals surface area contributed by atoms with Gasteiger partial charge in [-0.05, 0) is 29.8 Å². The lowest BCUT2D eigenvalue weighted by Gasteiger charge is -2.11. The number of nitriles is 1. The van der Waals surface area contributed by atoms with Crippen LogP contribution in [-0.4, -0.2) is 5.11 Å². The van der Waals surface area contributed by atoms with Gasteiger partial charge in [-0.2, -0.15) is 18.4 Å². The van der Waals surface area contributed by atoms with E-state index in [-0.39, 0.29) is 16.7 Å². The number of benzene rings is 2. The van der Waals surface area contributed by atoms with E-state index in [1.54, 1.807) is 6.07 Å². The van der Waals surface area contributed by atoms with Crippen LogP contribution in [0.4, 0.5) is 22.0 Å². The summed E-state index contributed by atoms with van der Waals surface area (Å²) in [5.41, 5.74) is -2.06. The number of aromatic hydroxyl groups is 1. The molecule has 0 saturated carbocycles. The Morgan fingerprint density at radius 2 is 1.67 bits per heavy atom. The minimum atomic E-state index is -4.86. The average Bonchev–Trinajstić information content (AvgIpc) is 2.40. The predicted molar refractivity (Wildman–Crippen MR) is 63.2 cm³/mol. The summed E-state index contributed by atoms with van der Waals surface area (Å²) in [6.07, 6.45) is -4.86. The molecule has 0 amide bonds. The third-order valence-corrected chi connectivity index (χ3v) is 2.78. The van der Waals surface area contributed by atoms with Crippen molar-refractivity contribution in [2.75, 3.05) is 0 Å². The molecule has 7 heteroatoms. The van der Waals surface area contributed by atoms with Gasteiger partial charge in [0.15, 0.2) is 11.6 Å². The van der Waals surface area contributed by atoms with Gasteiger partial charge in [0.2, 0.25) is 0 Å². The van der Waals surface area contributed by atoms with Crippen molar-refractivity contribution in [3.8, 4) is 22.9 Å². The quantitative estimate of drug-likeness (QED) is 0.801. The van der Waals surface area contributed by atoms with E-state index in [2.05, 4.69) is 0 Å². The van der Waals surface area contributed by atoms with Gasteiger partial charge in [-0.15, -0.1) is 0 Å². The van der Waals surface area contributed by atoms with Gasteiger partial charge in [0.25, 0.3) is 0 Å². The Balaban J connectivity index is 2.62. The van der Waals surface area contributed by atoms with Crippen LogP contribution in [0.2, 0.25) is 0 Å². The van der Waals surface area contributed by atoms with Gasteiger partial charge in [0.1, 0.15) is 5.82 Å². The predicted octanol–water partition coefficient (Wildman–Crippen LogP) is 4.23. The zero-order chi connectivity index (χ0) is 15.8. The molecule has 1 N–H and O–H groups in total. The Bertz CT molecular complexity index is 746. The molecule has 0 unspecified atom stereocenters. The largest absolute Gasteiger partial charge is 0.504 e. The summed E-state index contributed by atoms with van der Waals surface area (Å²) in [6.45, 7) is 0. The molecule has 2 rings (SSSR count). The number of hydrogen-bond acceptors (Lipinski definition) is 2. The highest BCUT2D eigenvalue weighted by Gasteiger charge is 2.34. The van der Waals surface area contributed by atoms with Crippen molar-refractivity contribution in [1.29, 1.82) is 5.26 Å². The topological polar surface area (TPSA) is 44.0 Å². The monoisotopic (exact) mass is 299 g/mol. The molecule has 0 aliphatic rings. The molecule has 0 aromatic heterocycles. The van der Waals surface area contributed by atoms with Gasteiger partial charge in [-0.25, -0.2) is 8.78 Å². The van der Waals surface area contributed by atoms with E-state index in [1.807, 2.05) is 0 Å². The number of nitrogens with zero attached hydrogens (tertiary/aromatic N) is 1. The lowest BCUT2D eigenvalue weighted by Crippen LogP contribution is -2.07. The van der Waals surface area contributed by atoms with E-state index in [4.69, 9.17) is 5.26 Å². The fourth-order valence-corrected chi connectivity index (χ4v) is 1.80. The van der Waals surface area contributed by atoms with Gasteiger partial charge >= 0.3 is 6.18 Å². The summed E-state index contributed by atoms with van der Waals surface area (Å²) in [5, 5.41) is 18.3. The highest BCUT2D eigenvalue weighted by molar-refractivity contribution is 5.72. The molecular formula is C14H6F5NO. The average molecular weight is 299 g/mol. The molecule has 2 aromatic carbocycles. The van der Waals surface area contributed by atoms with E-state index < -0.39 is 29.1 Å². The fraction of sp³-hybridized carbons (Fsp3) is 0.0714. The fourth-order valence-electron chi connectivity index (χ4n) is 1.80. The molecule has 0 bridgehead atoms. The van der Waals surface area contributed by atoms with Crippen molar-refractivity contribution < 1.29 is 27.1 Å². The standard InChI is InChI=1S/C14H6F5NO/c15-11-5-8(1-2-10(11)14(17,18)19)9-3-7(6-20)4-12(16)13(9)21/h1-5,21H. The zero-order valence-corrected chi connectivity index (χ0v) is 10.2. The summed E-state index contributed by atoms with van der Waals surface area (Å²) in [5.74, 6) is -3.54. The van der Waals surface area contributed by atoms with Crippen molar-refractivity contribution in [2.45, 2.75) is 6.18 Å². The molecule has 0 radical (unpaired) electrons. The van der Waals surface area contributed by atoms with Crippen LogP contribution in [0.25, 0.3) is 11.1 Å². The Hall–Kier alpha value is -2.62. The Morgan fingerprint density at radius 1 is 1.00 bits per heavy atom. The maximum Gasteiger partial charge on any atom is 0.419 e. The third kappa shape index (κ3) is 2.79. The summed E-state index contributed by atoms with van der Waals surface area (Å²) >= 11 is 0. The second-order valence-corrected chi connectivity index (χ2v) is 4.16. The number of rotatable bonds is 1. The van der Waals surface area contributed by atoms with Crippen LogP contribution in [0.15, 0.2) is 30.3 Å². The minimum Gasteiger partial charge on any atom is -0.504 e. The van der Waals surface area contributed by atoms with E-state index in [0.717, 1.165) is 18.2 Å². The van der Waals surface area contributed by atoms with Gasteiger partial charge in [-0.1, -0.05) is 6.07 Å². The molecule has 0 aliphatic heterocycles. The molecule has 21 heavy (non-hydrogen) atoms. The summed E-state index contributed by atoms with van der Waals surface area (Å²) in [4.78, 5) is 0. The minimum absolute atomic E-state index is 0.152. The van der Waals surface area contributed by atoms with E-state index in [1.165, 1.54) is 0 Å². The van der Waals surface area contributed by atoms with Crippen LogP contribution in [0, 0.1) is 23.0 Å². The first-order valence-corrected chi connectivity index (χ1v) is 5.53. The molecule has 0 fully saturated rings. The number of phenols is 1. The smallest absolute Gasteiger partial charge is 0.419 e. The van der Waals surface area contributed by atoms with Crippen molar-refractivity contribution in [1.82, 2.24) is 0 Å². The normalized spacial score (nSPS) is 11.2. The summed E-state index contributed by atoms with van der Waals surface area (Å²) in [7, 11) is 0. The van der Waals surface area contributed by atoms with Crippen LogP contribution in [0.5, 0.6) is 5.75 Å². The van der Waals surface area contributed by atoms with Gasteiger partial charge in [-0.3, -0.25) is 0 Å². The van der Waals surface area contributed by atoms with Crippen LogP contribution in [0.3, 0.4) is 0 Å². The molecule has 0 spiro atoms. The number of phenolic OH excluding ortho intramolecular Hbond substituents is 1. The second-order valence-electron chi connectivity index (χ2n) is 4.16. The first-order chi connectivity index (χ1) is 9.74. The van der Waals surface area contributed by atoms with Gasteiger partial charge in [0, 0.05) is 5.56 Å². The summed E-state index contributed by atoms with van der Waals surface area (Å²) in [6, 6.07) is 5.35. The summed E-state index contributed by atoms with van der Waals surface area (Å²) < 4.78 is 64.3. The van der Waals surface area contributed by atoms with Crippen molar-refractivity contribution >= 4 is 0 Å². The second kappa shape index (κ2) is 5.05. The van der Waals surface area contributed by atoms with E-state index in [9.17, 15) is 27.1 Å². The van der Waals surface area contributed by atoms with Crippen molar-refractivity contribution in [3.05, 3.63) is 53.1 Å². The molecule has 0 saturated heterocycles. The molecule has 0 aliphatic carbocycles. The third-order valence-electron chi connectivity index (χ3n) is 2.78. The highest BCUT2D eigenvalue weighted by Crippen LogP contribution is 2.36. The molecule has 0 heterocycles. The van der Waals surface area contributed by atoms with Crippen LogP contribution in [0.1, 0.15) is 11.1 Å². The molecule has 2 aromatic rings. The molecule has 0 atom stereocenters. The zero-order valence-electron chi connectivity index (χ0n) is 10.2. The van der Waals surface area contributed by atoms with Crippen molar-refractivity contribution in [2.24, 2.45) is 0 Å². The number of hydrogen-bond donors (Lipinski definition) is 1. The first kappa shape index (κ1) is 14.8.